The summed E-state index contributed by atoms with van der Waals surface area (Å²) in [5.74, 6) is 0.866. The van der Waals surface area contributed by atoms with Crippen LogP contribution in [0.25, 0.3) is 0 Å². The van der Waals surface area contributed by atoms with Crippen LogP contribution >= 0.6 is 11.3 Å². The highest BCUT2D eigenvalue weighted by Crippen LogP contribution is 2.37. The molecule has 0 aromatic carbocycles. The Morgan fingerprint density at radius 2 is 1.89 bits per heavy atom. The fourth-order valence-electron chi connectivity index (χ4n) is 3.12. The lowest BCUT2D eigenvalue weighted by Crippen LogP contribution is -2.36. The molecule has 2 heteroatoms. The Morgan fingerprint density at radius 3 is 2.44 bits per heavy atom. The van der Waals surface area contributed by atoms with E-state index in [1.165, 1.54) is 35.4 Å². The van der Waals surface area contributed by atoms with E-state index in [1.54, 1.807) is 0 Å². The third-order valence-corrected chi connectivity index (χ3v) is 5.53. The van der Waals surface area contributed by atoms with Crippen molar-refractivity contribution in [2.24, 2.45) is 5.92 Å². The first kappa shape index (κ1) is 14.1. The summed E-state index contributed by atoms with van der Waals surface area (Å²) < 4.78 is 0. The van der Waals surface area contributed by atoms with Crippen molar-refractivity contribution >= 4 is 11.3 Å². The van der Waals surface area contributed by atoms with Gasteiger partial charge in [0, 0.05) is 16.2 Å². The largest absolute Gasteiger partial charge is 0.390 e. The molecule has 1 aromatic rings. The maximum absolute atomic E-state index is 10.7. The Labute approximate surface area is 115 Å². The topological polar surface area (TPSA) is 20.2 Å². The van der Waals surface area contributed by atoms with Gasteiger partial charge < -0.3 is 5.11 Å². The average molecular weight is 266 g/mol. The molecule has 1 heterocycles. The normalized spacial score (nSPS) is 28.5. The summed E-state index contributed by atoms with van der Waals surface area (Å²) in [5, 5.41) is 10.7. The average Bonchev–Trinajstić information content (AvgIpc) is 2.80. The van der Waals surface area contributed by atoms with E-state index < -0.39 is 5.60 Å². The molecule has 1 nitrogen and oxygen atoms in total. The highest BCUT2D eigenvalue weighted by atomic mass is 32.1. The predicted octanol–water partition coefficient (Wildman–Crippen LogP) is 4.57. The second-order valence-corrected chi connectivity index (χ2v) is 7.11. The Morgan fingerprint density at radius 1 is 1.22 bits per heavy atom. The Kier molecular flexibility index (Phi) is 4.85. The van der Waals surface area contributed by atoms with E-state index >= 15 is 0 Å². The molecule has 0 unspecified atom stereocenters. The van der Waals surface area contributed by atoms with Crippen LogP contribution in [0.15, 0.2) is 12.1 Å². The third-order valence-electron chi connectivity index (χ3n) is 4.30. The SMILES string of the molecule is CCCC1CCC(O)(Cc2ccc(CC)s2)CC1. The number of aryl methyl sites for hydroxylation is 1. The summed E-state index contributed by atoms with van der Waals surface area (Å²) >= 11 is 1.88. The maximum atomic E-state index is 10.7. The van der Waals surface area contributed by atoms with Gasteiger partial charge in [0.05, 0.1) is 5.60 Å². The van der Waals surface area contributed by atoms with Crippen molar-refractivity contribution in [1.82, 2.24) is 0 Å². The molecule has 1 saturated carbocycles. The summed E-state index contributed by atoms with van der Waals surface area (Å²) in [6.45, 7) is 4.46. The number of hydrogen-bond donors (Lipinski definition) is 1. The van der Waals surface area contributed by atoms with Crippen LogP contribution in [0.2, 0.25) is 0 Å². The molecule has 2 rings (SSSR count). The predicted molar refractivity (Wildman–Crippen MR) is 79.2 cm³/mol. The second-order valence-electron chi connectivity index (χ2n) is 5.85. The highest BCUT2D eigenvalue weighted by Gasteiger charge is 2.33. The van der Waals surface area contributed by atoms with Crippen molar-refractivity contribution in [1.29, 1.82) is 0 Å². The van der Waals surface area contributed by atoms with Gasteiger partial charge in [-0.25, -0.2) is 0 Å². The van der Waals surface area contributed by atoms with Gasteiger partial charge in [-0.3, -0.25) is 0 Å². The minimum absolute atomic E-state index is 0.417. The molecule has 0 atom stereocenters. The van der Waals surface area contributed by atoms with Gasteiger partial charge in [-0.15, -0.1) is 11.3 Å². The van der Waals surface area contributed by atoms with E-state index in [4.69, 9.17) is 0 Å². The molecule has 1 N–H and O–H groups in total. The molecule has 1 aliphatic rings. The maximum Gasteiger partial charge on any atom is 0.0696 e. The molecule has 0 spiro atoms. The van der Waals surface area contributed by atoms with Gasteiger partial charge in [0.1, 0.15) is 0 Å². The molecule has 0 aliphatic heterocycles. The van der Waals surface area contributed by atoms with Crippen LogP contribution in [0.4, 0.5) is 0 Å². The van der Waals surface area contributed by atoms with Gasteiger partial charge in [0.25, 0.3) is 0 Å². The molecule has 1 aromatic heterocycles. The number of aliphatic hydroxyl groups is 1. The zero-order valence-electron chi connectivity index (χ0n) is 11.7. The van der Waals surface area contributed by atoms with E-state index in [1.807, 2.05) is 11.3 Å². The Hall–Kier alpha value is -0.340. The van der Waals surface area contributed by atoms with Gasteiger partial charge >= 0.3 is 0 Å². The first-order valence-corrected chi connectivity index (χ1v) is 8.27. The quantitative estimate of drug-likeness (QED) is 0.827. The van der Waals surface area contributed by atoms with Crippen molar-refractivity contribution in [2.45, 2.75) is 70.8 Å². The van der Waals surface area contributed by atoms with Crippen LogP contribution in [0.1, 0.15) is 62.1 Å². The van der Waals surface area contributed by atoms with E-state index in [2.05, 4.69) is 26.0 Å². The van der Waals surface area contributed by atoms with E-state index in [0.29, 0.717) is 0 Å². The number of hydrogen-bond acceptors (Lipinski definition) is 2. The lowest BCUT2D eigenvalue weighted by atomic mass is 9.75. The first-order chi connectivity index (χ1) is 8.65. The zero-order valence-corrected chi connectivity index (χ0v) is 12.6. The fourth-order valence-corrected chi connectivity index (χ4v) is 4.21. The van der Waals surface area contributed by atoms with Crippen LogP contribution in [0.3, 0.4) is 0 Å². The van der Waals surface area contributed by atoms with Crippen molar-refractivity contribution < 1.29 is 5.11 Å². The van der Waals surface area contributed by atoms with E-state index in [0.717, 1.165) is 31.6 Å². The van der Waals surface area contributed by atoms with Crippen molar-refractivity contribution in [3.63, 3.8) is 0 Å². The molecule has 102 valence electrons. The van der Waals surface area contributed by atoms with Gasteiger partial charge in [-0.1, -0.05) is 26.7 Å². The number of rotatable bonds is 5. The zero-order chi connectivity index (χ0) is 13.0. The monoisotopic (exact) mass is 266 g/mol. The summed E-state index contributed by atoms with van der Waals surface area (Å²) in [6.07, 6.45) is 9.04. The Bertz CT molecular complexity index is 361. The van der Waals surface area contributed by atoms with Crippen LogP contribution in [0, 0.1) is 5.92 Å². The van der Waals surface area contributed by atoms with Crippen molar-refractivity contribution in [3.8, 4) is 0 Å². The molecule has 1 aliphatic carbocycles. The van der Waals surface area contributed by atoms with Gasteiger partial charge in [-0.2, -0.15) is 0 Å². The summed E-state index contributed by atoms with van der Waals surface area (Å²) in [7, 11) is 0. The summed E-state index contributed by atoms with van der Waals surface area (Å²) in [6, 6.07) is 4.42. The van der Waals surface area contributed by atoms with Crippen LogP contribution in [-0.2, 0) is 12.8 Å². The third kappa shape index (κ3) is 3.58. The molecule has 0 saturated heterocycles. The summed E-state index contributed by atoms with van der Waals surface area (Å²) in [5.41, 5.74) is -0.417. The molecule has 0 bridgehead atoms. The van der Waals surface area contributed by atoms with Crippen molar-refractivity contribution in [2.75, 3.05) is 0 Å². The second kappa shape index (κ2) is 6.21. The summed E-state index contributed by atoms with van der Waals surface area (Å²) in [4.78, 5) is 2.80. The van der Waals surface area contributed by atoms with Crippen LogP contribution < -0.4 is 0 Å². The fraction of sp³-hybridized carbons (Fsp3) is 0.750. The first-order valence-electron chi connectivity index (χ1n) is 7.45. The van der Waals surface area contributed by atoms with E-state index in [-0.39, 0.29) is 0 Å². The number of thiophene rings is 1. The molecule has 0 amide bonds. The molecular formula is C16H26OS. The highest BCUT2D eigenvalue weighted by molar-refractivity contribution is 7.12. The van der Waals surface area contributed by atoms with Crippen molar-refractivity contribution in [3.05, 3.63) is 21.9 Å². The minimum atomic E-state index is -0.417. The van der Waals surface area contributed by atoms with E-state index in [9.17, 15) is 5.11 Å². The molecule has 0 radical (unpaired) electrons. The molecule has 18 heavy (non-hydrogen) atoms. The van der Waals surface area contributed by atoms with Gasteiger partial charge in [0.15, 0.2) is 0 Å². The lowest BCUT2D eigenvalue weighted by molar-refractivity contribution is -0.00922. The standard InChI is InChI=1S/C16H26OS/c1-3-5-13-8-10-16(17,11-9-13)12-15-7-6-14(4-2)18-15/h6-7,13,17H,3-5,8-12H2,1-2H3. The smallest absolute Gasteiger partial charge is 0.0696 e. The molecular weight excluding hydrogens is 240 g/mol. The van der Waals surface area contributed by atoms with Crippen LogP contribution in [-0.4, -0.2) is 10.7 Å². The molecule has 1 fully saturated rings. The van der Waals surface area contributed by atoms with Crippen LogP contribution in [0.5, 0.6) is 0 Å². The van der Waals surface area contributed by atoms with Gasteiger partial charge in [0.2, 0.25) is 0 Å². The Balaban J connectivity index is 1.89. The lowest BCUT2D eigenvalue weighted by Gasteiger charge is -2.35. The minimum Gasteiger partial charge on any atom is -0.390 e. The van der Waals surface area contributed by atoms with Gasteiger partial charge in [-0.05, 0) is 50.2 Å².